The summed E-state index contributed by atoms with van der Waals surface area (Å²) in [5.41, 5.74) is 0.719. The van der Waals surface area contributed by atoms with Gasteiger partial charge in [0.05, 0.1) is 16.9 Å². The first-order valence-corrected chi connectivity index (χ1v) is 9.39. The zero-order valence-corrected chi connectivity index (χ0v) is 16.0. The third-order valence-electron chi connectivity index (χ3n) is 4.74. The number of alkyl halides is 3. The van der Waals surface area contributed by atoms with Crippen molar-refractivity contribution in [3.8, 4) is 0 Å². The van der Waals surface area contributed by atoms with Crippen molar-refractivity contribution in [1.29, 1.82) is 0 Å². The van der Waals surface area contributed by atoms with Gasteiger partial charge in [0.1, 0.15) is 0 Å². The van der Waals surface area contributed by atoms with Gasteiger partial charge in [0.2, 0.25) is 5.91 Å². The van der Waals surface area contributed by atoms with E-state index in [9.17, 15) is 22.8 Å². The number of carbonyl (C=O) groups excluding carboxylic acids is 2. The van der Waals surface area contributed by atoms with E-state index < -0.39 is 17.6 Å². The second kappa shape index (κ2) is 8.55. The lowest BCUT2D eigenvalue weighted by Gasteiger charge is -2.31. The molecule has 0 saturated carbocycles. The fraction of sp³-hybridized carbons (Fsp3) is 0.333. The molecule has 2 N–H and O–H groups in total. The van der Waals surface area contributed by atoms with E-state index in [2.05, 4.69) is 10.6 Å². The van der Waals surface area contributed by atoms with Crippen LogP contribution in [0.1, 0.15) is 42.1 Å². The number of nitrogens with zero attached hydrogens (tertiary/aromatic N) is 1. The summed E-state index contributed by atoms with van der Waals surface area (Å²) in [4.78, 5) is 25.7. The fourth-order valence-electron chi connectivity index (χ4n) is 3.33. The molecule has 0 radical (unpaired) electrons. The van der Waals surface area contributed by atoms with Crippen LogP contribution in [0.15, 0.2) is 42.5 Å². The zero-order chi connectivity index (χ0) is 21.0. The summed E-state index contributed by atoms with van der Waals surface area (Å²) >= 11 is 0. The molecular weight excluding hydrogens is 383 g/mol. The van der Waals surface area contributed by atoms with Crippen LogP contribution in [-0.4, -0.2) is 24.9 Å². The number of amides is 2. The van der Waals surface area contributed by atoms with Crippen LogP contribution in [0, 0.1) is 0 Å². The summed E-state index contributed by atoms with van der Waals surface area (Å²) in [6, 6.07) is 9.59. The lowest BCUT2D eigenvalue weighted by Crippen LogP contribution is -2.30. The van der Waals surface area contributed by atoms with Crippen molar-refractivity contribution < 1.29 is 22.8 Å². The summed E-state index contributed by atoms with van der Waals surface area (Å²) in [6.45, 7) is 2.84. The largest absolute Gasteiger partial charge is 0.416 e. The Labute approximate surface area is 166 Å². The molecule has 0 bridgehead atoms. The Morgan fingerprint density at radius 1 is 0.931 bits per heavy atom. The van der Waals surface area contributed by atoms with Gasteiger partial charge in [-0.25, -0.2) is 0 Å². The van der Waals surface area contributed by atoms with E-state index in [1.54, 1.807) is 12.1 Å². The van der Waals surface area contributed by atoms with Crippen molar-refractivity contribution in [2.24, 2.45) is 0 Å². The van der Waals surface area contributed by atoms with Gasteiger partial charge < -0.3 is 15.5 Å². The van der Waals surface area contributed by atoms with Gasteiger partial charge in [-0.3, -0.25) is 9.59 Å². The number of piperidine rings is 1. The predicted octanol–water partition coefficient (Wildman–Crippen LogP) is 4.91. The van der Waals surface area contributed by atoms with Crippen LogP contribution in [0.3, 0.4) is 0 Å². The average Bonchev–Trinajstić information content (AvgIpc) is 2.68. The Morgan fingerprint density at radius 2 is 1.59 bits per heavy atom. The van der Waals surface area contributed by atoms with E-state index >= 15 is 0 Å². The standard InChI is InChI=1S/C21H22F3N3O2/c1-14(28)25-17-8-5-15(6-9-17)20(29)26-18-13-16(21(22,23)24)7-10-19(18)27-11-3-2-4-12-27/h5-10,13H,2-4,11-12H2,1H3,(H,25,28)(H,26,29). The molecule has 0 atom stereocenters. The van der Waals surface area contributed by atoms with E-state index in [1.165, 1.54) is 25.1 Å². The van der Waals surface area contributed by atoms with Crippen molar-refractivity contribution in [3.63, 3.8) is 0 Å². The maximum absolute atomic E-state index is 13.2. The van der Waals surface area contributed by atoms with Gasteiger partial charge in [-0.2, -0.15) is 13.2 Å². The molecule has 1 aliphatic rings. The Bertz CT molecular complexity index is 889. The monoisotopic (exact) mass is 405 g/mol. The Hall–Kier alpha value is -3.03. The topological polar surface area (TPSA) is 61.4 Å². The first-order valence-electron chi connectivity index (χ1n) is 9.39. The quantitative estimate of drug-likeness (QED) is 0.760. The predicted molar refractivity (Wildman–Crippen MR) is 106 cm³/mol. The highest BCUT2D eigenvalue weighted by atomic mass is 19.4. The van der Waals surface area contributed by atoms with E-state index in [-0.39, 0.29) is 17.2 Å². The van der Waals surface area contributed by atoms with Crippen LogP contribution in [0.5, 0.6) is 0 Å². The van der Waals surface area contributed by atoms with Crippen molar-refractivity contribution in [1.82, 2.24) is 0 Å². The van der Waals surface area contributed by atoms with Crippen molar-refractivity contribution >= 4 is 28.9 Å². The summed E-state index contributed by atoms with van der Waals surface area (Å²) in [5.74, 6) is -0.755. The Balaban J connectivity index is 1.86. The number of benzene rings is 2. The summed E-state index contributed by atoms with van der Waals surface area (Å²) in [6.07, 6.45) is -1.50. The zero-order valence-electron chi connectivity index (χ0n) is 16.0. The highest BCUT2D eigenvalue weighted by Gasteiger charge is 2.32. The van der Waals surface area contributed by atoms with Crippen LogP contribution < -0.4 is 15.5 Å². The molecule has 1 aliphatic heterocycles. The normalized spacial score (nSPS) is 14.4. The number of hydrogen-bond donors (Lipinski definition) is 2. The number of nitrogens with one attached hydrogen (secondary N) is 2. The molecule has 2 amide bonds. The van der Waals surface area contributed by atoms with Gasteiger partial charge >= 0.3 is 6.18 Å². The highest BCUT2D eigenvalue weighted by molar-refractivity contribution is 6.06. The molecule has 0 spiro atoms. The Kier molecular flexibility index (Phi) is 6.10. The smallest absolute Gasteiger partial charge is 0.370 e. The van der Waals surface area contributed by atoms with Crippen molar-refractivity contribution in [2.75, 3.05) is 28.6 Å². The number of carbonyl (C=O) groups is 2. The number of halogens is 3. The van der Waals surface area contributed by atoms with Crippen LogP contribution >= 0.6 is 0 Å². The van der Waals surface area contributed by atoms with Gasteiger partial charge in [-0.05, 0) is 61.7 Å². The third kappa shape index (κ3) is 5.28. The summed E-state index contributed by atoms with van der Waals surface area (Å²) in [5, 5.41) is 5.22. The molecule has 8 heteroatoms. The highest BCUT2D eigenvalue weighted by Crippen LogP contribution is 2.36. The first kappa shape index (κ1) is 20.7. The van der Waals surface area contributed by atoms with Gasteiger partial charge in [0, 0.05) is 31.3 Å². The maximum atomic E-state index is 13.2. The second-order valence-corrected chi connectivity index (χ2v) is 6.99. The van der Waals surface area contributed by atoms with Gasteiger partial charge in [-0.1, -0.05) is 0 Å². The molecule has 29 heavy (non-hydrogen) atoms. The van der Waals surface area contributed by atoms with Crippen LogP contribution in [0.25, 0.3) is 0 Å². The summed E-state index contributed by atoms with van der Waals surface area (Å²) in [7, 11) is 0. The molecule has 0 aliphatic carbocycles. The molecule has 154 valence electrons. The molecule has 1 saturated heterocycles. The lowest BCUT2D eigenvalue weighted by molar-refractivity contribution is -0.137. The minimum Gasteiger partial charge on any atom is -0.370 e. The number of rotatable bonds is 4. The molecule has 2 aromatic carbocycles. The molecule has 1 fully saturated rings. The third-order valence-corrected chi connectivity index (χ3v) is 4.74. The minimum absolute atomic E-state index is 0.137. The molecule has 3 rings (SSSR count). The average molecular weight is 405 g/mol. The first-order chi connectivity index (χ1) is 13.7. The van der Waals surface area contributed by atoms with Crippen molar-refractivity contribution in [3.05, 3.63) is 53.6 Å². The minimum atomic E-state index is -4.50. The van der Waals surface area contributed by atoms with E-state index in [0.717, 1.165) is 44.5 Å². The molecular formula is C21H22F3N3O2. The Morgan fingerprint density at radius 3 is 2.17 bits per heavy atom. The molecule has 5 nitrogen and oxygen atoms in total. The van der Waals surface area contributed by atoms with Crippen LogP contribution in [0.4, 0.5) is 30.2 Å². The van der Waals surface area contributed by atoms with E-state index in [4.69, 9.17) is 0 Å². The molecule has 1 heterocycles. The number of hydrogen-bond acceptors (Lipinski definition) is 3. The van der Waals surface area contributed by atoms with Gasteiger partial charge in [0.15, 0.2) is 0 Å². The second-order valence-electron chi connectivity index (χ2n) is 6.99. The van der Waals surface area contributed by atoms with Crippen LogP contribution in [-0.2, 0) is 11.0 Å². The fourth-order valence-corrected chi connectivity index (χ4v) is 3.33. The van der Waals surface area contributed by atoms with E-state index in [1.807, 2.05) is 4.90 Å². The van der Waals surface area contributed by atoms with E-state index in [0.29, 0.717) is 11.4 Å². The maximum Gasteiger partial charge on any atom is 0.416 e. The number of anilines is 3. The lowest BCUT2D eigenvalue weighted by atomic mass is 10.1. The van der Waals surface area contributed by atoms with Crippen molar-refractivity contribution in [2.45, 2.75) is 32.4 Å². The van der Waals surface area contributed by atoms with Gasteiger partial charge in [0.25, 0.3) is 5.91 Å². The van der Waals surface area contributed by atoms with Gasteiger partial charge in [-0.15, -0.1) is 0 Å². The van der Waals surface area contributed by atoms with Crippen LogP contribution in [0.2, 0.25) is 0 Å². The SMILES string of the molecule is CC(=O)Nc1ccc(C(=O)Nc2cc(C(F)(F)F)ccc2N2CCCCC2)cc1. The summed E-state index contributed by atoms with van der Waals surface area (Å²) < 4.78 is 39.6. The molecule has 0 unspecified atom stereocenters. The molecule has 2 aromatic rings. The molecule has 0 aromatic heterocycles.